The van der Waals surface area contributed by atoms with Crippen molar-refractivity contribution in [2.24, 2.45) is 0 Å². The first kappa shape index (κ1) is 27.1. The number of benzene rings is 2. The summed E-state index contributed by atoms with van der Waals surface area (Å²) in [4.78, 5) is 31.6. The third-order valence-electron chi connectivity index (χ3n) is 7.09. The van der Waals surface area contributed by atoms with Gasteiger partial charge >= 0.3 is 5.97 Å². The number of methoxy groups -OCH3 is 1. The number of nitrogens with zero attached hydrogens (tertiary/aromatic N) is 3. The highest BCUT2D eigenvalue weighted by Gasteiger charge is 2.41. The number of thiocarbonyl (C=S) groups is 1. The van der Waals surface area contributed by atoms with E-state index in [4.69, 9.17) is 17.0 Å². The van der Waals surface area contributed by atoms with Crippen LogP contribution in [0, 0.1) is 13.8 Å². The van der Waals surface area contributed by atoms with Gasteiger partial charge in [-0.3, -0.25) is 9.78 Å². The van der Waals surface area contributed by atoms with E-state index in [9.17, 15) is 9.59 Å². The van der Waals surface area contributed by atoms with Crippen LogP contribution in [0.1, 0.15) is 51.4 Å². The van der Waals surface area contributed by atoms with Crippen molar-refractivity contribution in [2.45, 2.75) is 32.4 Å². The number of amides is 1. The summed E-state index contributed by atoms with van der Waals surface area (Å²) in [6, 6.07) is 22.6. The van der Waals surface area contributed by atoms with E-state index in [0.29, 0.717) is 17.2 Å². The molecule has 40 heavy (non-hydrogen) atoms. The summed E-state index contributed by atoms with van der Waals surface area (Å²) in [5.74, 6) is -0.463. The summed E-state index contributed by atoms with van der Waals surface area (Å²) in [5.41, 5.74) is 6.12. The van der Waals surface area contributed by atoms with Crippen LogP contribution in [0.15, 0.2) is 85.2 Å². The minimum atomic E-state index is -0.384. The van der Waals surface area contributed by atoms with E-state index in [-0.39, 0.29) is 30.4 Å². The lowest BCUT2D eigenvalue weighted by atomic mass is 10.0. The van der Waals surface area contributed by atoms with E-state index in [1.165, 1.54) is 7.11 Å². The molecular weight excluding hydrogens is 522 g/mol. The zero-order chi connectivity index (χ0) is 28.2. The van der Waals surface area contributed by atoms with Gasteiger partial charge in [-0.05, 0) is 91.8 Å². The number of rotatable bonds is 8. The average Bonchev–Trinajstić information content (AvgIpc) is 3.58. The molecule has 1 amide bonds. The van der Waals surface area contributed by atoms with Crippen LogP contribution in [-0.4, -0.2) is 45.1 Å². The van der Waals surface area contributed by atoms with Gasteiger partial charge in [0.05, 0.1) is 30.5 Å². The Hall–Kier alpha value is -4.50. The van der Waals surface area contributed by atoms with Gasteiger partial charge < -0.3 is 24.8 Å². The Morgan fingerprint density at radius 2 is 1.85 bits per heavy atom. The number of nitrogens with one attached hydrogen (secondary N) is 2. The molecular formula is C31H31N5O3S. The number of hydrogen-bond acceptors (Lipinski definition) is 5. The van der Waals surface area contributed by atoms with Crippen molar-refractivity contribution in [3.63, 3.8) is 0 Å². The Morgan fingerprint density at radius 1 is 1.05 bits per heavy atom. The van der Waals surface area contributed by atoms with Crippen molar-refractivity contribution in [3.8, 4) is 5.69 Å². The molecule has 1 fully saturated rings. The molecule has 204 valence electrons. The molecule has 0 bridgehead atoms. The van der Waals surface area contributed by atoms with E-state index in [0.717, 1.165) is 33.9 Å². The number of anilines is 1. The second kappa shape index (κ2) is 11.7. The number of esters is 1. The highest BCUT2D eigenvalue weighted by molar-refractivity contribution is 7.80. The molecule has 3 heterocycles. The monoisotopic (exact) mass is 553 g/mol. The van der Waals surface area contributed by atoms with Crippen LogP contribution in [0.4, 0.5) is 5.69 Å². The fourth-order valence-corrected chi connectivity index (χ4v) is 5.35. The van der Waals surface area contributed by atoms with Crippen LogP contribution in [0.3, 0.4) is 0 Å². The van der Waals surface area contributed by atoms with Crippen molar-refractivity contribution < 1.29 is 14.3 Å². The molecule has 1 aliphatic rings. The third kappa shape index (κ3) is 5.60. The van der Waals surface area contributed by atoms with E-state index >= 15 is 0 Å². The predicted octanol–water partition coefficient (Wildman–Crippen LogP) is 5.28. The summed E-state index contributed by atoms with van der Waals surface area (Å²) in [6.45, 7) is 4.40. The molecule has 4 aromatic rings. The van der Waals surface area contributed by atoms with Crippen LogP contribution < -0.4 is 10.6 Å². The smallest absolute Gasteiger partial charge is 0.337 e. The maximum atomic E-state index is 13.0. The normalized spacial score (nSPS) is 16.5. The Labute approximate surface area is 239 Å². The first-order valence-electron chi connectivity index (χ1n) is 13.1. The lowest BCUT2D eigenvalue weighted by molar-refractivity contribution is -0.116. The molecule has 0 aliphatic carbocycles. The minimum Gasteiger partial charge on any atom is -0.465 e. The summed E-state index contributed by atoms with van der Waals surface area (Å²) >= 11 is 5.80. The zero-order valence-corrected chi connectivity index (χ0v) is 23.4. The molecule has 0 saturated carbocycles. The number of hydrogen-bond donors (Lipinski definition) is 2. The van der Waals surface area contributed by atoms with Crippen molar-refractivity contribution in [1.82, 2.24) is 19.8 Å². The fourth-order valence-electron chi connectivity index (χ4n) is 5.02. The minimum absolute atomic E-state index is 0.0784. The number of aromatic nitrogens is 2. The van der Waals surface area contributed by atoms with Crippen LogP contribution in [0.2, 0.25) is 0 Å². The topological polar surface area (TPSA) is 88.5 Å². The van der Waals surface area contributed by atoms with Gasteiger partial charge in [-0.1, -0.05) is 18.2 Å². The lowest BCUT2D eigenvalue weighted by Gasteiger charge is -2.29. The van der Waals surface area contributed by atoms with E-state index in [1.807, 2.05) is 80.7 Å². The van der Waals surface area contributed by atoms with Gasteiger partial charge in [0.25, 0.3) is 0 Å². The molecule has 0 spiro atoms. The van der Waals surface area contributed by atoms with E-state index in [1.54, 1.807) is 18.3 Å². The Balaban J connectivity index is 1.44. The number of ether oxygens (including phenoxy) is 1. The van der Waals surface area contributed by atoms with Gasteiger partial charge in [-0.25, -0.2) is 4.79 Å². The number of aryl methyl sites for hydroxylation is 2. The Morgan fingerprint density at radius 3 is 2.58 bits per heavy atom. The third-order valence-corrected chi connectivity index (χ3v) is 7.45. The van der Waals surface area contributed by atoms with Crippen molar-refractivity contribution in [1.29, 1.82) is 0 Å². The van der Waals surface area contributed by atoms with Crippen LogP contribution in [-0.2, 0) is 9.53 Å². The summed E-state index contributed by atoms with van der Waals surface area (Å²) < 4.78 is 6.91. The van der Waals surface area contributed by atoms with Gasteiger partial charge in [-0.15, -0.1) is 0 Å². The first-order valence-corrected chi connectivity index (χ1v) is 13.5. The van der Waals surface area contributed by atoms with Gasteiger partial charge in [-0.2, -0.15) is 0 Å². The second-order valence-corrected chi connectivity index (χ2v) is 10.2. The molecule has 9 heteroatoms. The maximum Gasteiger partial charge on any atom is 0.337 e. The Kier molecular flexibility index (Phi) is 7.93. The molecule has 2 aromatic heterocycles. The Bertz CT molecular complexity index is 1530. The van der Waals surface area contributed by atoms with E-state index < -0.39 is 0 Å². The summed E-state index contributed by atoms with van der Waals surface area (Å²) in [6.07, 6.45) is 4.00. The summed E-state index contributed by atoms with van der Waals surface area (Å²) in [7, 11) is 1.37. The summed E-state index contributed by atoms with van der Waals surface area (Å²) in [5, 5.41) is 7.07. The van der Waals surface area contributed by atoms with Gasteiger partial charge in [0, 0.05) is 42.4 Å². The molecule has 2 N–H and O–H groups in total. The average molecular weight is 554 g/mol. The maximum absolute atomic E-state index is 13.0. The molecule has 0 unspecified atom stereocenters. The molecule has 8 nitrogen and oxygen atoms in total. The van der Waals surface area contributed by atoms with Crippen molar-refractivity contribution >= 4 is 34.9 Å². The molecule has 2 aromatic carbocycles. The largest absolute Gasteiger partial charge is 0.465 e. The molecule has 1 saturated heterocycles. The number of carbonyl (C=O) groups excluding carboxylic acids is 2. The van der Waals surface area contributed by atoms with Crippen molar-refractivity contribution in [2.75, 3.05) is 19.0 Å². The van der Waals surface area contributed by atoms with Crippen molar-refractivity contribution in [3.05, 3.63) is 113 Å². The highest BCUT2D eigenvalue weighted by Crippen LogP contribution is 2.39. The van der Waals surface area contributed by atoms with E-state index in [2.05, 4.69) is 25.1 Å². The van der Waals surface area contributed by atoms with Gasteiger partial charge in [0.15, 0.2) is 5.11 Å². The first-order chi connectivity index (χ1) is 19.4. The molecule has 1 aliphatic heterocycles. The van der Waals surface area contributed by atoms with Gasteiger partial charge in [0.2, 0.25) is 5.91 Å². The zero-order valence-electron chi connectivity index (χ0n) is 22.6. The fraction of sp³-hybridized carbons (Fsp3) is 0.226. The van der Waals surface area contributed by atoms with Crippen LogP contribution >= 0.6 is 12.2 Å². The molecule has 2 atom stereocenters. The standard InChI is InChI=1S/C31H31N5O3S/c1-20-9-10-21(2)25(19-20)33-27(37)15-18-36-29(28(34-31(36)40)24-7-4-5-16-32-24)26-8-6-17-35(26)23-13-11-22(12-14-23)30(38)39-3/h4-14,16-17,19,28-29H,15,18H2,1-3H3,(H,33,37)(H,34,40)/t28-,29+/m0/s1. The quantitative estimate of drug-likeness (QED) is 0.227. The molecule has 5 rings (SSSR count). The molecule has 0 radical (unpaired) electrons. The number of pyridine rings is 1. The van der Waals surface area contributed by atoms with Crippen LogP contribution in [0.5, 0.6) is 0 Å². The predicted molar refractivity (Wildman–Crippen MR) is 158 cm³/mol. The van der Waals surface area contributed by atoms with Gasteiger partial charge in [0.1, 0.15) is 0 Å². The SMILES string of the molecule is COC(=O)c1ccc(-n2cccc2[C@@H]2[C@H](c3ccccn3)NC(=S)N2CCC(=O)Nc2cc(C)ccc2C)cc1. The lowest BCUT2D eigenvalue weighted by Crippen LogP contribution is -2.33. The second-order valence-electron chi connectivity index (χ2n) is 9.78. The number of carbonyl (C=O) groups is 2. The van der Waals surface area contributed by atoms with Crippen LogP contribution in [0.25, 0.3) is 5.69 Å². The highest BCUT2D eigenvalue weighted by atomic mass is 32.1.